The van der Waals surface area contributed by atoms with Crippen molar-refractivity contribution in [2.24, 2.45) is 5.92 Å². The van der Waals surface area contributed by atoms with Crippen LogP contribution in [0.15, 0.2) is 30.3 Å². The van der Waals surface area contributed by atoms with Crippen molar-refractivity contribution in [3.63, 3.8) is 0 Å². The van der Waals surface area contributed by atoms with Gasteiger partial charge in [0.05, 0.1) is 0 Å². The molecule has 1 aliphatic rings. The van der Waals surface area contributed by atoms with E-state index in [1.807, 2.05) is 0 Å². The molecule has 1 aromatic rings. The molecule has 0 bridgehead atoms. The summed E-state index contributed by atoms with van der Waals surface area (Å²) >= 11 is 0. The molecule has 0 saturated carbocycles. The number of likely N-dealkylation sites (tertiary alicyclic amines) is 1. The van der Waals surface area contributed by atoms with Crippen LogP contribution in [0.4, 0.5) is 0 Å². The van der Waals surface area contributed by atoms with E-state index in [4.69, 9.17) is 0 Å². The van der Waals surface area contributed by atoms with Crippen molar-refractivity contribution in [2.45, 2.75) is 52.0 Å². The number of hydrogen-bond donors (Lipinski definition) is 0. The van der Waals surface area contributed by atoms with Gasteiger partial charge in [-0.3, -0.25) is 4.90 Å². The van der Waals surface area contributed by atoms with E-state index in [1.165, 1.54) is 50.8 Å². The first kappa shape index (κ1) is 13.6. The van der Waals surface area contributed by atoms with Gasteiger partial charge in [0.25, 0.3) is 0 Å². The van der Waals surface area contributed by atoms with Gasteiger partial charge in [0.15, 0.2) is 0 Å². The van der Waals surface area contributed by atoms with Crippen molar-refractivity contribution < 1.29 is 0 Å². The highest BCUT2D eigenvalue weighted by molar-refractivity contribution is 5.20. The third kappa shape index (κ3) is 3.14. The molecule has 100 valence electrons. The third-order valence-corrected chi connectivity index (χ3v) is 4.42. The van der Waals surface area contributed by atoms with E-state index in [0.29, 0.717) is 6.04 Å². The standard InChI is InChI=1S/C17H27N/c1-3-15(4-2)17(16-11-7-5-8-12-16)18-13-9-6-10-14-18/h5,7-8,11-12,15,17H,3-4,6,9-10,13-14H2,1-2H3. The fraction of sp³-hybridized carbons (Fsp3) is 0.647. The van der Waals surface area contributed by atoms with Crippen LogP contribution < -0.4 is 0 Å². The Balaban J connectivity index is 2.21. The molecule has 0 aliphatic carbocycles. The molecule has 1 atom stereocenters. The molecule has 1 heterocycles. The molecule has 1 heteroatoms. The normalized spacial score (nSPS) is 19.1. The largest absolute Gasteiger partial charge is 0.296 e. The van der Waals surface area contributed by atoms with Gasteiger partial charge >= 0.3 is 0 Å². The minimum atomic E-state index is 0.640. The minimum Gasteiger partial charge on any atom is -0.296 e. The minimum absolute atomic E-state index is 0.640. The molecule has 2 rings (SSSR count). The van der Waals surface area contributed by atoms with E-state index in [2.05, 4.69) is 49.1 Å². The lowest BCUT2D eigenvalue weighted by Gasteiger charge is -2.39. The Bertz CT molecular complexity index is 323. The maximum atomic E-state index is 2.73. The van der Waals surface area contributed by atoms with Gasteiger partial charge in [-0.1, -0.05) is 63.4 Å². The molecule has 0 amide bonds. The van der Waals surface area contributed by atoms with Gasteiger partial charge in [0.2, 0.25) is 0 Å². The third-order valence-electron chi connectivity index (χ3n) is 4.42. The summed E-state index contributed by atoms with van der Waals surface area (Å²) in [5.41, 5.74) is 1.52. The van der Waals surface area contributed by atoms with E-state index < -0.39 is 0 Å². The van der Waals surface area contributed by atoms with Crippen LogP contribution in [0.25, 0.3) is 0 Å². The number of hydrogen-bond acceptors (Lipinski definition) is 1. The van der Waals surface area contributed by atoms with Crippen molar-refractivity contribution in [2.75, 3.05) is 13.1 Å². The Morgan fingerprint density at radius 1 is 0.944 bits per heavy atom. The second-order valence-corrected chi connectivity index (χ2v) is 5.53. The molecule has 0 N–H and O–H groups in total. The molecule has 1 fully saturated rings. The van der Waals surface area contributed by atoms with E-state index in [-0.39, 0.29) is 0 Å². The summed E-state index contributed by atoms with van der Waals surface area (Å²) in [6, 6.07) is 11.8. The molecular formula is C17H27N. The van der Waals surface area contributed by atoms with Crippen LogP contribution in [0.5, 0.6) is 0 Å². The van der Waals surface area contributed by atoms with Crippen LogP contribution in [0.2, 0.25) is 0 Å². The highest BCUT2D eigenvalue weighted by atomic mass is 15.2. The molecule has 1 nitrogen and oxygen atoms in total. The first-order valence-electron chi connectivity index (χ1n) is 7.65. The molecule has 1 aliphatic heterocycles. The van der Waals surface area contributed by atoms with Gasteiger partial charge in [0.1, 0.15) is 0 Å². The molecule has 1 aromatic carbocycles. The van der Waals surface area contributed by atoms with Crippen molar-refractivity contribution in [3.05, 3.63) is 35.9 Å². The molecule has 0 radical (unpaired) electrons. The molecule has 18 heavy (non-hydrogen) atoms. The summed E-state index contributed by atoms with van der Waals surface area (Å²) in [5, 5.41) is 0. The van der Waals surface area contributed by atoms with Gasteiger partial charge in [0, 0.05) is 6.04 Å². The van der Waals surface area contributed by atoms with Crippen LogP contribution in [0.1, 0.15) is 57.6 Å². The molecular weight excluding hydrogens is 218 g/mol. The summed E-state index contributed by atoms with van der Waals surface area (Å²) in [4.78, 5) is 2.73. The Morgan fingerprint density at radius 3 is 2.11 bits per heavy atom. The van der Waals surface area contributed by atoms with Gasteiger partial charge in [-0.05, 0) is 37.4 Å². The van der Waals surface area contributed by atoms with Crippen LogP contribution in [-0.4, -0.2) is 18.0 Å². The zero-order valence-electron chi connectivity index (χ0n) is 11.9. The second kappa shape index (κ2) is 6.94. The molecule has 1 saturated heterocycles. The number of benzene rings is 1. The summed E-state index contributed by atoms with van der Waals surface area (Å²) in [7, 11) is 0. The zero-order valence-corrected chi connectivity index (χ0v) is 11.9. The number of piperidine rings is 1. The van der Waals surface area contributed by atoms with E-state index >= 15 is 0 Å². The highest BCUT2D eigenvalue weighted by Crippen LogP contribution is 2.34. The Hall–Kier alpha value is -0.820. The molecule has 0 aromatic heterocycles. The summed E-state index contributed by atoms with van der Waals surface area (Å²) in [6.07, 6.45) is 6.74. The Morgan fingerprint density at radius 2 is 1.56 bits per heavy atom. The number of nitrogens with zero attached hydrogens (tertiary/aromatic N) is 1. The lowest BCUT2D eigenvalue weighted by Crippen LogP contribution is -2.37. The van der Waals surface area contributed by atoms with Gasteiger partial charge in [-0.2, -0.15) is 0 Å². The Labute approximate surface area is 112 Å². The highest BCUT2D eigenvalue weighted by Gasteiger charge is 2.27. The summed E-state index contributed by atoms with van der Waals surface area (Å²) in [6.45, 7) is 7.26. The first-order chi connectivity index (χ1) is 8.86. The number of rotatable bonds is 5. The van der Waals surface area contributed by atoms with Crippen LogP contribution in [0, 0.1) is 5.92 Å². The van der Waals surface area contributed by atoms with E-state index in [1.54, 1.807) is 0 Å². The van der Waals surface area contributed by atoms with Crippen molar-refractivity contribution in [1.29, 1.82) is 0 Å². The monoisotopic (exact) mass is 245 g/mol. The van der Waals surface area contributed by atoms with Crippen LogP contribution in [-0.2, 0) is 0 Å². The lowest BCUT2D eigenvalue weighted by molar-refractivity contribution is 0.111. The van der Waals surface area contributed by atoms with Crippen molar-refractivity contribution >= 4 is 0 Å². The lowest BCUT2D eigenvalue weighted by atomic mass is 9.86. The maximum Gasteiger partial charge on any atom is 0.0376 e. The van der Waals surface area contributed by atoms with Gasteiger partial charge < -0.3 is 0 Å². The topological polar surface area (TPSA) is 3.24 Å². The predicted molar refractivity (Wildman–Crippen MR) is 78.7 cm³/mol. The Kier molecular flexibility index (Phi) is 5.25. The fourth-order valence-corrected chi connectivity index (χ4v) is 3.36. The van der Waals surface area contributed by atoms with Crippen LogP contribution >= 0.6 is 0 Å². The molecule has 1 unspecified atom stereocenters. The first-order valence-corrected chi connectivity index (χ1v) is 7.65. The average Bonchev–Trinajstić information content (AvgIpc) is 2.46. The fourth-order valence-electron chi connectivity index (χ4n) is 3.36. The van der Waals surface area contributed by atoms with E-state index in [9.17, 15) is 0 Å². The summed E-state index contributed by atoms with van der Waals surface area (Å²) < 4.78 is 0. The van der Waals surface area contributed by atoms with E-state index in [0.717, 1.165) is 5.92 Å². The van der Waals surface area contributed by atoms with Crippen LogP contribution in [0.3, 0.4) is 0 Å². The zero-order chi connectivity index (χ0) is 12.8. The quantitative estimate of drug-likeness (QED) is 0.730. The summed E-state index contributed by atoms with van der Waals surface area (Å²) in [5.74, 6) is 0.797. The second-order valence-electron chi connectivity index (χ2n) is 5.53. The van der Waals surface area contributed by atoms with Crippen molar-refractivity contribution in [1.82, 2.24) is 4.90 Å². The predicted octanol–water partition coefficient (Wildman–Crippen LogP) is 4.65. The van der Waals surface area contributed by atoms with Gasteiger partial charge in [-0.25, -0.2) is 0 Å². The maximum absolute atomic E-state index is 2.73. The smallest absolute Gasteiger partial charge is 0.0376 e. The van der Waals surface area contributed by atoms with Crippen molar-refractivity contribution in [3.8, 4) is 0 Å². The van der Waals surface area contributed by atoms with Gasteiger partial charge in [-0.15, -0.1) is 0 Å². The SMILES string of the molecule is CCC(CC)C(c1ccccc1)N1CCCCC1. The molecule has 0 spiro atoms. The average molecular weight is 245 g/mol.